The Morgan fingerprint density at radius 1 is 1.16 bits per heavy atom. The Kier molecular flexibility index (Phi) is 6.55. The molecule has 2 aromatic carbocycles. The average molecular weight is 447 g/mol. The first-order valence-corrected chi connectivity index (χ1v) is 10.7. The van der Waals surface area contributed by atoms with Crippen molar-refractivity contribution in [1.82, 2.24) is 14.5 Å². The fraction of sp³-hybridized carbons (Fsp3) is 0.208. The zero-order valence-electron chi connectivity index (χ0n) is 17.4. The van der Waals surface area contributed by atoms with Crippen LogP contribution in [0.2, 0.25) is 5.02 Å². The summed E-state index contributed by atoms with van der Waals surface area (Å²) in [6.45, 7) is 4.73. The van der Waals surface area contributed by atoms with Gasteiger partial charge in [-0.25, -0.2) is 15.2 Å². The number of rotatable bonds is 7. The normalized spacial score (nSPS) is 12.8. The lowest BCUT2D eigenvalue weighted by atomic mass is 10.1. The number of halogens is 1. The molecule has 0 amide bonds. The van der Waals surface area contributed by atoms with Gasteiger partial charge in [0.2, 0.25) is 0 Å². The van der Waals surface area contributed by atoms with Crippen LogP contribution in [0.5, 0.6) is 11.5 Å². The second kappa shape index (κ2) is 9.69. The molecule has 0 saturated heterocycles. The summed E-state index contributed by atoms with van der Waals surface area (Å²) in [5.74, 6) is 2.81. The molecule has 0 aliphatic heterocycles. The van der Waals surface area contributed by atoms with Crippen molar-refractivity contribution in [3.8, 4) is 18.1 Å². The summed E-state index contributed by atoms with van der Waals surface area (Å²) < 4.78 is 8.08. The first-order chi connectivity index (χ1) is 15.7. The van der Waals surface area contributed by atoms with E-state index in [1.165, 1.54) is 18.4 Å². The highest BCUT2D eigenvalue weighted by molar-refractivity contribution is 6.32. The Morgan fingerprint density at radius 3 is 2.75 bits per heavy atom. The van der Waals surface area contributed by atoms with Gasteiger partial charge in [0.15, 0.2) is 5.82 Å². The largest absolute Gasteiger partial charge is 0.456 e. The second-order valence-corrected chi connectivity index (χ2v) is 7.88. The Balaban J connectivity index is 0.00000119. The van der Waals surface area contributed by atoms with Gasteiger partial charge in [-0.15, -0.1) is 0 Å². The smallest absolute Gasteiger partial charge is 0.158 e. The van der Waals surface area contributed by atoms with E-state index < -0.39 is 0 Å². The van der Waals surface area contributed by atoms with Crippen molar-refractivity contribution < 1.29 is 4.74 Å². The third-order valence-corrected chi connectivity index (χ3v) is 5.54. The molecule has 0 unspecified atom stereocenters. The number of nitrogens with one attached hydrogen (secondary N) is 1. The van der Waals surface area contributed by atoms with Gasteiger partial charge < -0.3 is 20.4 Å². The lowest BCUT2D eigenvalue weighted by Crippen LogP contribution is -2.10. The van der Waals surface area contributed by atoms with Gasteiger partial charge in [-0.1, -0.05) is 23.7 Å². The van der Waals surface area contributed by atoms with E-state index in [2.05, 4.69) is 34.0 Å². The van der Waals surface area contributed by atoms with Crippen LogP contribution in [0.15, 0.2) is 61.1 Å². The summed E-state index contributed by atoms with van der Waals surface area (Å²) in [6, 6.07) is 15.8. The SMILES string of the molecule is C#N.NCCn1ccc2ncnc(Nc3ccc(Oc4cccc(C5CC5)c4)c(Cl)c3)c21. The zero-order chi connectivity index (χ0) is 22.5. The van der Waals surface area contributed by atoms with Gasteiger partial charge in [-0.05, 0) is 60.7 Å². The highest BCUT2D eigenvalue weighted by Gasteiger charge is 2.23. The van der Waals surface area contributed by atoms with E-state index in [9.17, 15) is 0 Å². The van der Waals surface area contributed by atoms with E-state index in [1.807, 2.05) is 47.2 Å². The molecule has 1 aliphatic carbocycles. The minimum Gasteiger partial charge on any atom is -0.456 e. The number of anilines is 2. The molecule has 0 atom stereocenters. The quantitative estimate of drug-likeness (QED) is 0.383. The average Bonchev–Trinajstić information content (AvgIpc) is 3.59. The molecule has 162 valence electrons. The van der Waals surface area contributed by atoms with Gasteiger partial charge in [0.1, 0.15) is 23.3 Å². The molecular weight excluding hydrogens is 424 g/mol. The molecule has 5 rings (SSSR count). The molecule has 1 saturated carbocycles. The van der Waals surface area contributed by atoms with E-state index in [1.54, 1.807) is 6.33 Å². The van der Waals surface area contributed by atoms with Crippen LogP contribution >= 0.6 is 11.6 Å². The molecule has 32 heavy (non-hydrogen) atoms. The van der Waals surface area contributed by atoms with Gasteiger partial charge >= 0.3 is 0 Å². The fourth-order valence-corrected chi connectivity index (χ4v) is 3.84. The van der Waals surface area contributed by atoms with E-state index in [4.69, 9.17) is 27.3 Å². The molecule has 7 nitrogen and oxygen atoms in total. The number of hydrogen-bond acceptors (Lipinski definition) is 6. The summed E-state index contributed by atoms with van der Waals surface area (Å²) >= 11 is 6.52. The monoisotopic (exact) mass is 446 g/mol. The van der Waals surface area contributed by atoms with Crippen molar-refractivity contribution in [3.05, 3.63) is 71.6 Å². The number of nitriles is 1. The third-order valence-electron chi connectivity index (χ3n) is 5.25. The Bertz CT molecular complexity index is 1250. The van der Waals surface area contributed by atoms with E-state index in [0.717, 1.165) is 22.5 Å². The standard InChI is InChI=1S/C23H22ClN5O.CHN/c24-19-13-17(28-23-22-20(26-14-27-23)8-10-29(22)11-9-25)6-7-21(19)30-18-3-1-2-16(12-18)15-4-5-15;1-2/h1-3,6-8,10,12-15H,4-5,9,11,25H2,(H,26,27,28);1H. The Labute approximate surface area is 191 Å². The summed E-state index contributed by atoms with van der Waals surface area (Å²) in [7, 11) is 0. The minimum atomic E-state index is 0.527. The van der Waals surface area contributed by atoms with Crippen LogP contribution in [-0.2, 0) is 6.54 Å². The molecule has 0 bridgehead atoms. The maximum Gasteiger partial charge on any atom is 0.158 e. The number of ether oxygens (including phenoxy) is 1. The first-order valence-electron chi connectivity index (χ1n) is 10.3. The van der Waals surface area contributed by atoms with Gasteiger partial charge in [-0.2, -0.15) is 0 Å². The molecular formula is C24H23ClN6O. The highest BCUT2D eigenvalue weighted by Crippen LogP contribution is 2.42. The van der Waals surface area contributed by atoms with Crippen LogP contribution in [0.4, 0.5) is 11.5 Å². The van der Waals surface area contributed by atoms with Crippen molar-refractivity contribution in [2.75, 3.05) is 11.9 Å². The number of nitrogens with zero attached hydrogens (tertiary/aromatic N) is 4. The van der Waals surface area contributed by atoms with Crippen LogP contribution in [0.25, 0.3) is 11.0 Å². The Hall–Kier alpha value is -3.60. The molecule has 1 aliphatic rings. The first kappa shape index (κ1) is 21.6. The zero-order valence-corrected chi connectivity index (χ0v) is 18.2. The predicted molar refractivity (Wildman–Crippen MR) is 126 cm³/mol. The maximum atomic E-state index is 6.52. The van der Waals surface area contributed by atoms with Crippen LogP contribution in [-0.4, -0.2) is 21.1 Å². The second-order valence-electron chi connectivity index (χ2n) is 7.47. The molecule has 2 heterocycles. The third kappa shape index (κ3) is 4.67. The highest BCUT2D eigenvalue weighted by atomic mass is 35.5. The van der Waals surface area contributed by atoms with Crippen molar-refractivity contribution in [2.24, 2.45) is 5.73 Å². The molecule has 1 fully saturated rings. The predicted octanol–water partition coefficient (Wildman–Crippen LogP) is 5.60. The molecule has 3 N–H and O–H groups in total. The summed E-state index contributed by atoms with van der Waals surface area (Å²) in [5.41, 5.74) is 9.65. The molecule has 4 aromatic rings. The van der Waals surface area contributed by atoms with Gasteiger partial charge in [0.25, 0.3) is 0 Å². The Morgan fingerprint density at radius 2 is 2.00 bits per heavy atom. The number of benzene rings is 2. The van der Waals surface area contributed by atoms with Crippen molar-refractivity contribution in [3.63, 3.8) is 0 Å². The van der Waals surface area contributed by atoms with Gasteiger partial charge in [0.05, 0.1) is 10.5 Å². The summed E-state index contributed by atoms with van der Waals surface area (Å²) in [5, 5.41) is 10.4. The minimum absolute atomic E-state index is 0.527. The lowest BCUT2D eigenvalue weighted by molar-refractivity contribution is 0.482. The molecule has 0 radical (unpaired) electrons. The molecule has 8 heteroatoms. The number of aromatic nitrogens is 3. The van der Waals surface area contributed by atoms with Crippen LogP contribution < -0.4 is 15.8 Å². The van der Waals surface area contributed by atoms with Crippen molar-refractivity contribution in [2.45, 2.75) is 25.3 Å². The van der Waals surface area contributed by atoms with Crippen LogP contribution in [0, 0.1) is 11.8 Å². The van der Waals surface area contributed by atoms with E-state index >= 15 is 0 Å². The van der Waals surface area contributed by atoms with E-state index in [0.29, 0.717) is 35.6 Å². The van der Waals surface area contributed by atoms with Crippen LogP contribution in [0.1, 0.15) is 24.3 Å². The van der Waals surface area contributed by atoms with Gasteiger partial charge in [-0.3, -0.25) is 0 Å². The molecule has 2 aromatic heterocycles. The number of fused-ring (bicyclic) bond motifs is 1. The molecule has 0 spiro atoms. The van der Waals surface area contributed by atoms with Crippen molar-refractivity contribution in [1.29, 1.82) is 5.26 Å². The topological polar surface area (TPSA) is 102 Å². The lowest BCUT2D eigenvalue weighted by Gasteiger charge is -2.12. The number of hydrogen-bond donors (Lipinski definition) is 2. The fourth-order valence-electron chi connectivity index (χ4n) is 3.62. The van der Waals surface area contributed by atoms with Gasteiger partial charge in [0, 0.05) is 31.5 Å². The van der Waals surface area contributed by atoms with Crippen molar-refractivity contribution >= 4 is 34.1 Å². The summed E-state index contributed by atoms with van der Waals surface area (Å²) in [4.78, 5) is 8.74. The maximum absolute atomic E-state index is 6.52. The van der Waals surface area contributed by atoms with E-state index in [-0.39, 0.29) is 0 Å². The summed E-state index contributed by atoms with van der Waals surface area (Å²) in [6.07, 6.45) is 6.03. The number of nitrogens with two attached hydrogens (primary N) is 1. The van der Waals surface area contributed by atoms with Crippen LogP contribution in [0.3, 0.4) is 0 Å².